The first-order chi connectivity index (χ1) is 20.7. The Hall–Kier alpha value is -4.77. The summed E-state index contributed by atoms with van der Waals surface area (Å²) in [6.45, 7) is 6.44. The third-order valence-corrected chi connectivity index (χ3v) is 8.21. The van der Waals surface area contributed by atoms with Gasteiger partial charge in [0.1, 0.15) is 5.75 Å². The summed E-state index contributed by atoms with van der Waals surface area (Å²) in [7, 11) is 1.50. The van der Waals surface area contributed by atoms with Gasteiger partial charge >= 0.3 is 0 Å². The Labute approximate surface area is 255 Å². The van der Waals surface area contributed by atoms with Crippen LogP contribution in [0.4, 0.5) is 11.4 Å². The molecule has 2 aromatic heterocycles. The number of hydrogen-bond acceptors (Lipinski definition) is 6. The van der Waals surface area contributed by atoms with E-state index in [0.717, 1.165) is 40.3 Å². The minimum atomic E-state index is -0.440. The van der Waals surface area contributed by atoms with E-state index in [0.29, 0.717) is 23.1 Å². The van der Waals surface area contributed by atoms with Crippen LogP contribution in [0.3, 0.4) is 0 Å². The fraction of sp³-hybridized carbons (Fsp3) is 0.281. The van der Waals surface area contributed by atoms with Crippen molar-refractivity contribution in [3.63, 3.8) is 0 Å². The van der Waals surface area contributed by atoms with Crippen molar-refractivity contribution >= 4 is 34.6 Å². The second kappa shape index (κ2) is 12.6. The molecular formula is C32H34N6O4S. The maximum atomic E-state index is 13.1. The van der Waals surface area contributed by atoms with E-state index in [2.05, 4.69) is 33.5 Å². The Morgan fingerprint density at radius 2 is 1.91 bits per heavy atom. The van der Waals surface area contributed by atoms with Crippen LogP contribution in [0.2, 0.25) is 0 Å². The third-order valence-electron chi connectivity index (χ3n) is 7.85. The first-order valence-electron chi connectivity index (χ1n) is 14.1. The summed E-state index contributed by atoms with van der Waals surface area (Å²) >= 11 is 5.84. The van der Waals surface area contributed by atoms with Crippen LogP contribution >= 0.6 is 12.2 Å². The van der Waals surface area contributed by atoms with Crippen molar-refractivity contribution in [1.29, 1.82) is 0 Å². The van der Waals surface area contributed by atoms with Crippen molar-refractivity contribution in [1.82, 2.24) is 19.8 Å². The first kappa shape index (κ1) is 29.7. The number of carbonyl (C=O) groups is 1. The molecule has 0 saturated carbocycles. The largest absolute Gasteiger partial charge is 0.494 e. The molecule has 1 fully saturated rings. The molecule has 0 spiro atoms. The molecule has 2 aromatic carbocycles. The number of nitro groups is 1. The van der Waals surface area contributed by atoms with Gasteiger partial charge in [0.15, 0.2) is 5.11 Å². The van der Waals surface area contributed by atoms with Gasteiger partial charge in [-0.2, -0.15) is 0 Å². The van der Waals surface area contributed by atoms with Gasteiger partial charge in [0.2, 0.25) is 5.91 Å². The number of nitrogens with one attached hydrogen (secondary N) is 2. The summed E-state index contributed by atoms with van der Waals surface area (Å²) < 4.78 is 7.60. The van der Waals surface area contributed by atoms with Gasteiger partial charge < -0.3 is 24.8 Å². The predicted octanol–water partition coefficient (Wildman–Crippen LogP) is 5.97. The molecule has 0 bridgehead atoms. The van der Waals surface area contributed by atoms with Gasteiger partial charge in [0, 0.05) is 42.3 Å². The predicted molar refractivity (Wildman–Crippen MR) is 170 cm³/mol. The molecule has 1 aliphatic heterocycles. The maximum absolute atomic E-state index is 13.1. The highest BCUT2D eigenvalue weighted by atomic mass is 32.1. The lowest BCUT2D eigenvalue weighted by Crippen LogP contribution is -2.33. The van der Waals surface area contributed by atoms with Crippen molar-refractivity contribution in [2.75, 3.05) is 19.0 Å². The Morgan fingerprint density at radius 1 is 1.14 bits per heavy atom. The van der Waals surface area contributed by atoms with E-state index < -0.39 is 4.92 Å². The fourth-order valence-corrected chi connectivity index (χ4v) is 6.12. The number of methoxy groups -OCH3 is 1. The molecule has 0 radical (unpaired) electrons. The van der Waals surface area contributed by atoms with Crippen molar-refractivity contribution in [2.45, 2.75) is 45.7 Å². The number of aryl methyl sites for hydroxylation is 2. The zero-order valence-corrected chi connectivity index (χ0v) is 25.4. The normalized spacial score (nSPS) is 16.2. The Balaban J connectivity index is 1.50. The van der Waals surface area contributed by atoms with E-state index in [4.69, 9.17) is 17.0 Å². The molecule has 1 saturated heterocycles. The van der Waals surface area contributed by atoms with Gasteiger partial charge in [0.25, 0.3) is 5.69 Å². The lowest BCUT2D eigenvalue weighted by Gasteiger charge is -2.28. The average molecular weight is 599 g/mol. The van der Waals surface area contributed by atoms with Crippen LogP contribution in [-0.2, 0) is 11.2 Å². The zero-order valence-electron chi connectivity index (χ0n) is 24.5. The van der Waals surface area contributed by atoms with Gasteiger partial charge in [-0.1, -0.05) is 31.2 Å². The number of thiocarbonyl (C=S) groups is 1. The van der Waals surface area contributed by atoms with Crippen molar-refractivity contribution in [3.8, 4) is 11.4 Å². The standard InChI is InChI=1S/C32H34N6O4S/c1-5-22-10-6-7-11-25(22)34-29(39)15-17-36-31(30(35-32(36)43)26-12-8-9-16-33-26)24-18-20(2)37(21(24)3)27-14-13-23(38(40)41)19-28(27)42-4/h6-14,16,18-19,30-31H,5,15,17H2,1-4H3,(H,34,39)(H,35,43). The number of benzene rings is 2. The minimum Gasteiger partial charge on any atom is -0.494 e. The SMILES string of the molecule is CCc1ccccc1NC(=O)CCN1C(=S)NC(c2ccccn2)C1c1cc(C)n(-c2ccc([N+](=O)[O-])cc2OC)c1C. The number of carbonyl (C=O) groups excluding carboxylic acids is 1. The summed E-state index contributed by atoms with van der Waals surface area (Å²) in [5, 5.41) is 18.5. The lowest BCUT2D eigenvalue weighted by molar-refractivity contribution is -0.384. The number of amides is 1. The molecule has 222 valence electrons. The van der Waals surface area contributed by atoms with Gasteiger partial charge in [-0.05, 0) is 73.9 Å². The summed E-state index contributed by atoms with van der Waals surface area (Å²) in [4.78, 5) is 30.8. The van der Waals surface area contributed by atoms with Gasteiger partial charge in [0.05, 0.1) is 41.6 Å². The summed E-state index contributed by atoms with van der Waals surface area (Å²) in [5.41, 5.74) is 6.22. The number of ether oxygens (including phenoxy) is 1. The number of para-hydroxylation sites is 1. The van der Waals surface area contributed by atoms with Crippen LogP contribution < -0.4 is 15.4 Å². The van der Waals surface area contributed by atoms with E-state index >= 15 is 0 Å². The second-order valence-electron chi connectivity index (χ2n) is 10.4. The highest BCUT2D eigenvalue weighted by molar-refractivity contribution is 7.80. The smallest absolute Gasteiger partial charge is 0.273 e. The van der Waals surface area contributed by atoms with E-state index in [1.54, 1.807) is 12.3 Å². The number of pyridine rings is 1. The molecule has 2 atom stereocenters. The van der Waals surface area contributed by atoms with Crippen LogP contribution in [-0.4, -0.2) is 44.0 Å². The van der Waals surface area contributed by atoms with E-state index in [1.807, 2.05) is 60.9 Å². The maximum Gasteiger partial charge on any atom is 0.273 e. The minimum absolute atomic E-state index is 0.0464. The van der Waals surface area contributed by atoms with Crippen molar-refractivity contribution < 1.29 is 14.5 Å². The molecule has 4 aromatic rings. The highest BCUT2D eigenvalue weighted by Crippen LogP contribution is 2.42. The first-order valence-corrected chi connectivity index (χ1v) is 14.5. The van der Waals surface area contributed by atoms with Gasteiger partial charge in [-0.3, -0.25) is 19.9 Å². The number of nitro benzene ring substituents is 1. The number of anilines is 1. The molecule has 3 heterocycles. The van der Waals surface area contributed by atoms with Crippen LogP contribution in [0.25, 0.3) is 5.69 Å². The van der Waals surface area contributed by atoms with E-state index in [1.165, 1.54) is 19.2 Å². The topological polar surface area (TPSA) is 115 Å². The molecular weight excluding hydrogens is 564 g/mol. The Morgan fingerprint density at radius 3 is 2.60 bits per heavy atom. The lowest BCUT2D eigenvalue weighted by atomic mass is 9.96. The zero-order chi connectivity index (χ0) is 30.7. The van der Waals surface area contributed by atoms with Crippen LogP contribution in [0, 0.1) is 24.0 Å². The van der Waals surface area contributed by atoms with Gasteiger partial charge in [-0.15, -0.1) is 0 Å². The van der Waals surface area contributed by atoms with Crippen LogP contribution in [0.15, 0.2) is 72.9 Å². The van der Waals surface area contributed by atoms with E-state index in [-0.39, 0.29) is 30.1 Å². The number of non-ortho nitro benzene ring substituents is 1. The quantitative estimate of drug-likeness (QED) is 0.130. The summed E-state index contributed by atoms with van der Waals surface area (Å²) in [5.74, 6) is 0.301. The summed E-state index contributed by atoms with van der Waals surface area (Å²) in [6.07, 6.45) is 2.81. The molecule has 43 heavy (non-hydrogen) atoms. The third kappa shape index (κ3) is 5.94. The molecule has 0 aliphatic carbocycles. The molecule has 2 N–H and O–H groups in total. The second-order valence-corrected chi connectivity index (χ2v) is 10.8. The average Bonchev–Trinajstić information content (AvgIpc) is 3.50. The van der Waals surface area contributed by atoms with Crippen molar-refractivity contribution in [3.05, 3.63) is 111 Å². The highest BCUT2D eigenvalue weighted by Gasteiger charge is 2.41. The summed E-state index contributed by atoms with van der Waals surface area (Å²) in [6, 6.07) is 19.8. The number of hydrogen-bond donors (Lipinski definition) is 2. The Kier molecular flexibility index (Phi) is 8.72. The number of nitrogens with zero attached hydrogens (tertiary/aromatic N) is 4. The fourth-order valence-electron chi connectivity index (χ4n) is 5.79. The monoisotopic (exact) mass is 598 g/mol. The van der Waals surface area contributed by atoms with Crippen LogP contribution in [0.1, 0.15) is 53.6 Å². The van der Waals surface area contributed by atoms with Crippen molar-refractivity contribution in [2.24, 2.45) is 0 Å². The molecule has 10 nitrogen and oxygen atoms in total. The molecule has 11 heteroatoms. The Bertz CT molecular complexity index is 1670. The van der Waals surface area contributed by atoms with Gasteiger partial charge in [-0.25, -0.2) is 0 Å². The molecule has 2 unspecified atom stereocenters. The number of rotatable bonds is 10. The molecule has 1 amide bonds. The van der Waals surface area contributed by atoms with E-state index in [9.17, 15) is 14.9 Å². The number of aromatic nitrogens is 2. The molecule has 5 rings (SSSR count). The van der Waals surface area contributed by atoms with Crippen LogP contribution in [0.5, 0.6) is 5.75 Å². The molecule has 1 aliphatic rings.